The molecule has 0 aromatic heterocycles. The zero-order chi connectivity index (χ0) is 13.0. The molecule has 0 heterocycles. The van der Waals surface area contributed by atoms with Crippen LogP contribution in [-0.2, 0) is 0 Å². The van der Waals surface area contributed by atoms with Crippen LogP contribution < -0.4 is 10.1 Å². The Bertz CT molecular complexity index is 503. The average Bonchev–Trinajstić information content (AvgIpc) is 2.40. The van der Waals surface area contributed by atoms with Crippen LogP contribution in [0.15, 0.2) is 48.5 Å². The van der Waals surface area contributed by atoms with Gasteiger partial charge < -0.3 is 10.1 Å². The summed E-state index contributed by atoms with van der Waals surface area (Å²) in [6.45, 7) is 4.37. The van der Waals surface area contributed by atoms with Crippen LogP contribution in [0, 0.1) is 0 Å². The van der Waals surface area contributed by atoms with Crippen LogP contribution >= 0.6 is 0 Å². The van der Waals surface area contributed by atoms with Gasteiger partial charge >= 0.3 is 0 Å². The molecule has 2 rings (SSSR count). The number of rotatable bonds is 4. The maximum Gasteiger partial charge on any atom is 0.150 e. The average molecular weight is 241 g/mol. The van der Waals surface area contributed by atoms with E-state index >= 15 is 0 Å². The number of anilines is 1. The molecule has 0 fully saturated rings. The van der Waals surface area contributed by atoms with Crippen LogP contribution in [-0.4, -0.2) is 7.05 Å². The molecule has 0 aliphatic heterocycles. The van der Waals surface area contributed by atoms with Gasteiger partial charge in [0.1, 0.15) is 11.5 Å². The zero-order valence-electron chi connectivity index (χ0n) is 11.1. The van der Waals surface area contributed by atoms with Crippen molar-refractivity contribution < 1.29 is 4.74 Å². The van der Waals surface area contributed by atoms with Crippen molar-refractivity contribution in [3.63, 3.8) is 0 Å². The Morgan fingerprint density at radius 2 is 1.61 bits per heavy atom. The van der Waals surface area contributed by atoms with E-state index in [2.05, 4.69) is 31.3 Å². The van der Waals surface area contributed by atoms with Gasteiger partial charge in [0, 0.05) is 7.05 Å². The highest BCUT2D eigenvalue weighted by Gasteiger charge is 2.03. The number of ether oxygens (including phenoxy) is 1. The minimum atomic E-state index is 0.545. The first kappa shape index (κ1) is 12.5. The topological polar surface area (TPSA) is 21.3 Å². The number of hydrogen-bond acceptors (Lipinski definition) is 2. The summed E-state index contributed by atoms with van der Waals surface area (Å²) < 4.78 is 5.87. The molecule has 94 valence electrons. The molecule has 0 radical (unpaired) electrons. The minimum Gasteiger partial charge on any atom is -0.455 e. The van der Waals surface area contributed by atoms with Gasteiger partial charge in [-0.05, 0) is 35.7 Å². The highest BCUT2D eigenvalue weighted by Crippen LogP contribution is 2.29. The maximum absolute atomic E-state index is 5.87. The van der Waals surface area contributed by atoms with Crippen molar-refractivity contribution in [3.05, 3.63) is 54.1 Å². The number of benzene rings is 2. The van der Waals surface area contributed by atoms with Crippen LogP contribution in [0.1, 0.15) is 25.3 Å². The largest absolute Gasteiger partial charge is 0.455 e. The number of hydrogen-bond donors (Lipinski definition) is 1. The molecule has 2 aromatic carbocycles. The Kier molecular flexibility index (Phi) is 3.88. The zero-order valence-corrected chi connectivity index (χ0v) is 11.1. The Morgan fingerprint density at radius 1 is 0.944 bits per heavy atom. The van der Waals surface area contributed by atoms with Crippen molar-refractivity contribution in [1.82, 2.24) is 0 Å². The fourth-order valence-electron chi connectivity index (χ4n) is 1.81. The van der Waals surface area contributed by atoms with E-state index in [0.717, 1.165) is 17.2 Å². The molecule has 0 saturated heterocycles. The van der Waals surface area contributed by atoms with E-state index in [1.54, 1.807) is 0 Å². The second-order valence-corrected chi connectivity index (χ2v) is 4.57. The molecule has 0 atom stereocenters. The molecule has 2 heteroatoms. The van der Waals surface area contributed by atoms with Gasteiger partial charge in [-0.2, -0.15) is 0 Å². The summed E-state index contributed by atoms with van der Waals surface area (Å²) in [5.41, 5.74) is 2.31. The van der Waals surface area contributed by atoms with Gasteiger partial charge in [-0.1, -0.05) is 38.1 Å². The van der Waals surface area contributed by atoms with Gasteiger partial charge in [-0.15, -0.1) is 0 Å². The van der Waals surface area contributed by atoms with Crippen molar-refractivity contribution in [1.29, 1.82) is 0 Å². The van der Waals surface area contributed by atoms with Crippen LogP contribution in [0.25, 0.3) is 0 Å². The molecule has 0 bridgehead atoms. The maximum atomic E-state index is 5.87. The first-order valence-corrected chi connectivity index (χ1v) is 6.25. The third-order valence-electron chi connectivity index (χ3n) is 2.93. The molecule has 0 unspecified atom stereocenters. The van der Waals surface area contributed by atoms with Crippen molar-refractivity contribution in [2.24, 2.45) is 0 Å². The lowest BCUT2D eigenvalue weighted by Gasteiger charge is -2.11. The summed E-state index contributed by atoms with van der Waals surface area (Å²) >= 11 is 0. The third kappa shape index (κ3) is 2.83. The molecule has 18 heavy (non-hydrogen) atoms. The van der Waals surface area contributed by atoms with E-state index < -0.39 is 0 Å². The number of para-hydroxylation sites is 2. The van der Waals surface area contributed by atoms with E-state index in [4.69, 9.17) is 4.74 Å². The van der Waals surface area contributed by atoms with Crippen molar-refractivity contribution in [2.45, 2.75) is 19.8 Å². The summed E-state index contributed by atoms with van der Waals surface area (Å²) in [6, 6.07) is 16.2. The summed E-state index contributed by atoms with van der Waals surface area (Å²) in [4.78, 5) is 0. The molecular weight excluding hydrogens is 222 g/mol. The van der Waals surface area contributed by atoms with E-state index in [-0.39, 0.29) is 0 Å². The van der Waals surface area contributed by atoms with Crippen molar-refractivity contribution in [2.75, 3.05) is 12.4 Å². The molecule has 0 saturated carbocycles. The van der Waals surface area contributed by atoms with E-state index in [1.165, 1.54) is 5.56 Å². The third-order valence-corrected chi connectivity index (χ3v) is 2.93. The van der Waals surface area contributed by atoms with Gasteiger partial charge in [0.15, 0.2) is 0 Å². The van der Waals surface area contributed by atoms with Gasteiger partial charge in [-0.25, -0.2) is 0 Å². The summed E-state index contributed by atoms with van der Waals surface area (Å²) in [6.07, 6.45) is 0. The standard InChI is InChI=1S/C16H19NO/c1-12(2)13-8-10-14(11-9-13)18-16-7-5-4-6-15(16)17-3/h4-12,17H,1-3H3. The van der Waals surface area contributed by atoms with E-state index in [0.29, 0.717) is 5.92 Å². The highest BCUT2D eigenvalue weighted by molar-refractivity contribution is 5.57. The number of nitrogens with one attached hydrogen (secondary N) is 1. The summed E-state index contributed by atoms with van der Waals surface area (Å²) in [7, 11) is 1.89. The SMILES string of the molecule is CNc1ccccc1Oc1ccc(C(C)C)cc1. The Morgan fingerprint density at radius 3 is 2.22 bits per heavy atom. The van der Waals surface area contributed by atoms with E-state index in [1.807, 2.05) is 43.4 Å². The normalized spacial score (nSPS) is 10.4. The molecule has 2 aromatic rings. The van der Waals surface area contributed by atoms with E-state index in [9.17, 15) is 0 Å². The van der Waals surface area contributed by atoms with Crippen LogP contribution in [0.4, 0.5) is 5.69 Å². The van der Waals surface area contributed by atoms with Gasteiger partial charge in [0.2, 0.25) is 0 Å². The highest BCUT2D eigenvalue weighted by atomic mass is 16.5. The van der Waals surface area contributed by atoms with Crippen molar-refractivity contribution >= 4 is 5.69 Å². The lowest BCUT2D eigenvalue weighted by molar-refractivity contribution is 0.484. The Labute approximate surface area is 109 Å². The first-order valence-electron chi connectivity index (χ1n) is 6.25. The van der Waals surface area contributed by atoms with Gasteiger partial charge in [0.05, 0.1) is 5.69 Å². The fourth-order valence-corrected chi connectivity index (χ4v) is 1.81. The summed E-state index contributed by atoms with van der Waals surface area (Å²) in [5, 5.41) is 3.12. The van der Waals surface area contributed by atoms with Crippen LogP contribution in [0.5, 0.6) is 11.5 Å². The molecule has 0 aliphatic carbocycles. The smallest absolute Gasteiger partial charge is 0.150 e. The molecular formula is C16H19NO. The van der Waals surface area contributed by atoms with Crippen LogP contribution in [0.3, 0.4) is 0 Å². The second-order valence-electron chi connectivity index (χ2n) is 4.57. The predicted molar refractivity (Wildman–Crippen MR) is 76.6 cm³/mol. The van der Waals surface area contributed by atoms with Gasteiger partial charge in [-0.3, -0.25) is 0 Å². The molecule has 1 N–H and O–H groups in total. The molecule has 0 aliphatic rings. The Hall–Kier alpha value is -1.96. The first-order chi connectivity index (χ1) is 8.70. The second kappa shape index (κ2) is 5.58. The lowest BCUT2D eigenvalue weighted by Crippen LogP contribution is -1.93. The fraction of sp³-hybridized carbons (Fsp3) is 0.250. The molecule has 0 amide bonds. The monoisotopic (exact) mass is 241 g/mol. The predicted octanol–water partition coefficient (Wildman–Crippen LogP) is 4.64. The Balaban J connectivity index is 2.18. The summed E-state index contributed by atoms with van der Waals surface area (Å²) in [5.74, 6) is 2.25. The van der Waals surface area contributed by atoms with Crippen molar-refractivity contribution in [3.8, 4) is 11.5 Å². The molecule has 2 nitrogen and oxygen atoms in total. The quantitative estimate of drug-likeness (QED) is 0.841. The molecule has 0 spiro atoms. The lowest BCUT2D eigenvalue weighted by atomic mass is 10.0. The van der Waals surface area contributed by atoms with Crippen LogP contribution in [0.2, 0.25) is 0 Å². The van der Waals surface area contributed by atoms with Gasteiger partial charge in [0.25, 0.3) is 0 Å². The minimum absolute atomic E-state index is 0.545.